The van der Waals surface area contributed by atoms with Crippen LogP contribution in [0.3, 0.4) is 0 Å². The minimum absolute atomic E-state index is 0.227. The molecule has 2 fully saturated rings. The van der Waals surface area contributed by atoms with E-state index in [9.17, 15) is 4.79 Å². The Morgan fingerprint density at radius 1 is 1.28 bits per heavy atom. The molecule has 0 spiro atoms. The van der Waals surface area contributed by atoms with Gasteiger partial charge in [-0.2, -0.15) is 0 Å². The first kappa shape index (κ1) is 13.9. The van der Waals surface area contributed by atoms with E-state index in [0.29, 0.717) is 24.4 Å². The van der Waals surface area contributed by atoms with Crippen LogP contribution in [-0.2, 0) is 4.79 Å². The van der Waals surface area contributed by atoms with Gasteiger partial charge in [0.25, 0.3) is 0 Å². The second-order valence-corrected chi connectivity index (χ2v) is 6.84. The van der Waals surface area contributed by atoms with Gasteiger partial charge in [0.05, 0.1) is 5.41 Å². The van der Waals surface area contributed by atoms with Crippen molar-refractivity contribution < 1.29 is 4.79 Å². The number of nitrogens with zero attached hydrogens (tertiary/aromatic N) is 1. The average molecular weight is 252 g/mol. The van der Waals surface area contributed by atoms with Gasteiger partial charge in [0.15, 0.2) is 0 Å². The third-order valence-electron chi connectivity index (χ3n) is 5.10. The number of carbonyl (C=O) groups excluding carboxylic acids is 1. The highest BCUT2D eigenvalue weighted by Crippen LogP contribution is 2.46. The number of nitrogens with two attached hydrogens (primary N) is 1. The quantitative estimate of drug-likeness (QED) is 0.838. The predicted molar refractivity (Wildman–Crippen MR) is 74.1 cm³/mol. The van der Waals surface area contributed by atoms with Crippen molar-refractivity contribution in [3.63, 3.8) is 0 Å². The predicted octanol–water partition coefficient (Wildman–Crippen LogP) is 2.40. The number of carbonyl (C=O) groups is 1. The molecule has 104 valence electrons. The lowest BCUT2D eigenvalue weighted by Gasteiger charge is -2.48. The molecule has 2 aliphatic carbocycles. The summed E-state index contributed by atoms with van der Waals surface area (Å²) in [6.07, 6.45) is 6.87. The highest BCUT2D eigenvalue weighted by molar-refractivity contribution is 5.84. The van der Waals surface area contributed by atoms with Crippen LogP contribution in [0.4, 0.5) is 0 Å². The molecule has 2 atom stereocenters. The Kier molecular flexibility index (Phi) is 4.00. The molecule has 0 radical (unpaired) electrons. The Hall–Kier alpha value is -0.570. The zero-order chi connectivity index (χ0) is 13.3. The van der Waals surface area contributed by atoms with E-state index in [-0.39, 0.29) is 5.41 Å². The van der Waals surface area contributed by atoms with Crippen molar-refractivity contribution in [2.45, 2.75) is 58.4 Å². The van der Waals surface area contributed by atoms with Gasteiger partial charge in [0.2, 0.25) is 5.91 Å². The Balaban J connectivity index is 1.99. The summed E-state index contributed by atoms with van der Waals surface area (Å²) in [6.45, 7) is 5.03. The third kappa shape index (κ3) is 2.42. The lowest BCUT2D eigenvalue weighted by atomic mass is 9.61. The molecule has 18 heavy (non-hydrogen) atoms. The van der Waals surface area contributed by atoms with E-state index in [1.165, 1.54) is 25.7 Å². The smallest absolute Gasteiger partial charge is 0.230 e. The molecule has 2 saturated carbocycles. The van der Waals surface area contributed by atoms with Crippen LogP contribution in [0.15, 0.2) is 0 Å². The van der Waals surface area contributed by atoms with Gasteiger partial charge in [-0.1, -0.05) is 26.7 Å². The summed E-state index contributed by atoms with van der Waals surface area (Å²) in [7, 11) is 1.99. The second-order valence-electron chi connectivity index (χ2n) is 6.84. The van der Waals surface area contributed by atoms with E-state index in [4.69, 9.17) is 5.73 Å². The van der Waals surface area contributed by atoms with Crippen LogP contribution in [0, 0.1) is 17.3 Å². The Labute approximate surface area is 111 Å². The van der Waals surface area contributed by atoms with Crippen molar-refractivity contribution in [2.75, 3.05) is 13.6 Å². The molecule has 0 heterocycles. The topological polar surface area (TPSA) is 46.3 Å². The van der Waals surface area contributed by atoms with E-state index in [0.717, 1.165) is 18.8 Å². The fourth-order valence-corrected chi connectivity index (χ4v) is 4.00. The Morgan fingerprint density at radius 2 is 1.94 bits per heavy atom. The van der Waals surface area contributed by atoms with Gasteiger partial charge in [-0.05, 0) is 37.5 Å². The maximum Gasteiger partial charge on any atom is 0.230 e. The van der Waals surface area contributed by atoms with Gasteiger partial charge in [-0.15, -0.1) is 0 Å². The molecule has 0 aromatic heterocycles. The van der Waals surface area contributed by atoms with Crippen molar-refractivity contribution in [1.82, 2.24) is 4.90 Å². The first-order valence-corrected chi connectivity index (χ1v) is 7.46. The molecule has 0 aliphatic heterocycles. The van der Waals surface area contributed by atoms with E-state index in [1.807, 2.05) is 11.9 Å². The summed E-state index contributed by atoms with van der Waals surface area (Å²) in [4.78, 5) is 14.7. The minimum atomic E-state index is -0.227. The molecular weight excluding hydrogens is 224 g/mol. The summed E-state index contributed by atoms with van der Waals surface area (Å²) in [5, 5.41) is 0. The van der Waals surface area contributed by atoms with Crippen molar-refractivity contribution in [1.29, 1.82) is 0 Å². The van der Waals surface area contributed by atoms with Gasteiger partial charge in [0.1, 0.15) is 0 Å². The monoisotopic (exact) mass is 252 g/mol. The van der Waals surface area contributed by atoms with Gasteiger partial charge in [0, 0.05) is 19.6 Å². The highest BCUT2D eigenvalue weighted by Gasteiger charge is 2.49. The molecule has 2 aliphatic rings. The molecule has 0 aromatic rings. The Morgan fingerprint density at radius 3 is 2.44 bits per heavy atom. The van der Waals surface area contributed by atoms with Crippen LogP contribution >= 0.6 is 0 Å². The van der Waals surface area contributed by atoms with Crippen LogP contribution in [0.5, 0.6) is 0 Å². The first-order chi connectivity index (χ1) is 8.48. The first-order valence-electron chi connectivity index (χ1n) is 7.46. The molecule has 0 aromatic carbocycles. The van der Waals surface area contributed by atoms with E-state index in [2.05, 4.69) is 13.8 Å². The van der Waals surface area contributed by atoms with E-state index >= 15 is 0 Å². The van der Waals surface area contributed by atoms with Crippen molar-refractivity contribution in [3.8, 4) is 0 Å². The van der Waals surface area contributed by atoms with Gasteiger partial charge >= 0.3 is 0 Å². The van der Waals surface area contributed by atoms with E-state index < -0.39 is 0 Å². The highest BCUT2D eigenvalue weighted by atomic mass is 16.2. The van der Waals surface area contributed by atoms with Crippen molar-refractivity contribution in [2.24, 2.45) is 23.0 Å². The maximum absolute atomic E-state index is 12.7. The number of amides is 1. The zero-order valence-corrected chi connectivity index (χ0v) is 12.1. The molecule has 2 N–H and O–H groups in total. The maximum atomic E-state index is 12.7. The summed E-state index contributed by atoms with van der Waals surface area (Å²) in [5.41, 5.74) is 5.65. The van der Waals surface area contributed by atoms with Crippen LogP contribution in [0.2, 0.25) is 0 Å². The fourth-order valence-electron chi connectivity index (χ4n) is 4.00. The number of hydrogen-bond acceptors (Lipinski definition) is 2. The van der Waals surface area contributed by atoms with Crippen molar-refractivity contribution >= 4 is 5.91 Å². The zero-order valence-electron chi connectivity index (χ0n) is 12.1. The molecule has 3 nitrogen and oxygen atoms in total. The molecule has 2 rings (SSSR count). The summed E-state index contributed by atoms with van der Waals surface area (Å²) in [6, 6.07) is 0.445. The molecular formula is C15H28N2O. The number of hydrogen-bond donors (Lipinski definition) is 1. The van der Waals surface area contributed by atoms with Gasteiger partial charge < -0.3 is 10.6 Å². The largest absolute Gasteiger partial charge is 0.342 e. The van der Waals surface area contributed by atoms with Gasteiger partial charge in [-0.3, -0.25) is 4.79 Å². The fraction of sp³-hybridized carbons (Fsp3) is 0.933. The third-order valence-corrected chi connectivity index (χ3v) is 5.10. The van der Waals surface area contributed by atoms with Crippen molar-refractivity contribution in [3.05, 3.63) is 0 Å². The summed E-state index contributed by atoms with van der Waals surface area (Å²) >= 11 is 0. The van der Waals surface area contributed by atoms with Crippen LogP contribution in [0.25, 0.3) is 0 Å². The normalized spacial score (nSPS) is 40.1. The standard InChI is InChI=1S/C15H28N2O/c1-11-5-4-6-13(7-11)17(3)14(18)15(10-16)8-12(2)9-15/h11-13H,4-10,16H2,1-3H3. The van der Waals surface area contributed by atoms with Crippen LogP contribution in [-0.4, -0.2) is 30.4 Å². The van der Waals surface area contributed by atoms with Crippen LogP contribution < -0.4 is 5.73 Å². The van der Waals surface area contributed by atoms with Crippen LogP contribution in [0.1, 0.15) is 52.4 Å². The van der Waals surface area contributed by atoms with E-state index in [1.54, 1.807) is 0 Å². The molecule has 1 amide bonds. The summed E-state index contributed by atoms with van der Waals surface area (Å²) < 4.78 is 0. The average Bonchev–Trinajstić information content (AvgIpc) is 2.33. The second kappa shape index (κ2) is 5.20. The van der Waals surface area contributed by atoms with Gasteiger partial charge in [-0.25, -0.2) is 0 Å². The Bertz CT molecular complexity index is 310. The lowest BCUT2D eigenvalue weighted by Crippen LogP contribution is -2.56. The summed E-state index contributed by atoms with van der Waals surface area (Å²) in [5.74, 6) is 1.73. The molecule has 0 bridgehead atoms. The molecule has 2 unspecified atom stereocenters. The SMILES string of the molecule is CC1CCCC(N(C)C(=O)C2(CN)CC(C)C2)C1. The molecule has 3 heteroatoms. The molecule has 0 saturated heterocycles. The minimum Gasteiger partial charge on any atom is -0.342 e. The lowest BCUT2D eigenvalue weighted by molar-refractivity contribution is -0.151. The number of rotatable bonds is 3.